The van der Waals surface area contributed by atoms with Crippen LogP contribution in [0.4, 0.5) is 0 Å². The lowest BCUT2D eigenvalue weighted by Crippen LogP contribution is -2.35. The Morgan fingerprint density at radius 2 is 0.973 bits per heavy atom. The van der Waals surface area contributed by atoms with Gasteiger partial charge in [-0.1, -0.05) is 109 Å². The Morgan fingerprint density at radius 3 is 1.38 bits per heavy atom. The van der Waals surface area contributed by atoms with E-state index in [1.165, 1.54) is 122 Å². The van der Waals surface area contributed by atoms with Crippen molar-refractivity contribution in [3.05, 3.63) is 0 Å². The summed E-state index contributed by atoms with van der Waals surface area (Å²) >= 11 is 0. The number of hydrogen-bond acceptors (Lipinski definition) is 4. The standard InChI is InChI=1S/C31H58N2O4/c1-28-27-32-29(23-19-15-11-7-4-5-9-13-17-21-25-31(36)37)33(28)26-22-18-14-10-6-2-3-8-12-16-20-24-30(34)35/h28H,2-27H2,1H3,(H,34,35)(H,36,37). The summed E-state index contributed by atoms with van der Waals surface area (Å²) in [5, 5.41) is 17.3. The maximum atomic E-state index is 10.5. The largest absolute Gasteiger partial charge is 0.481 e. The van der Waals surface area contributed by atoms with Crippen LogP contribution in [0.2, 0.25) is 0 Å². The summed E-state index contributed by atoms with van der Waals surface area (Å²) in [6, 6.07) is 0.570. The molecule has 0 aromatic heterocycles. The zero-order valence-corrected chi connectivity index (χ0v) is 24.1. The van der Waals surface area contributed by atoms with Crippen LogP contribution in [0, 0.1) is 0 Å². The van der Waals surface area contributed by atoms with E-state index in [1.54, 1.807) is 0 Å². The molecule has 0 spiro atoms. The summed E-state index contributed by atoms with van der Waals surface area (Å²) in [7, 11) is 0. The molecule has 0 amide bonds. The number of aliphatic carboxylic acids is 2. The molecule has 6 heteroatoms. The van der Waals surface area contributed by atoms with Gasteiger partial charge in [0.05, 0.1) is 12.4 Å². The highest BCUT2D eigenvalue weighted by molar-refractivity contribution is 5.84. The molecule has 1 aliphatic rings. The van der Waals surface area contributed by atoms with Crippen molar-refractivity contribution in [2.45, 2.75) is 167 Å². The lowest BCUT2D eigenvalue weighted by molar-refractivity contribution is -0.138. The molecule has 37 heavy (non-hydrogen) atoms. The summed E-state index contributed by atoms with van der Waals surface area (Å²) in [5.41, 5.74) is 0. The predicted molar refractivity (Wildman–Crippen MR) is 155 cm³/mol. The highest BCUT2D eigenvalue weighted by Crippen LogP contribution is 2.18. The number of carbonyl (C=O) groups is 2. The molecule has 0 fully saturated rings. The fourth-order valence-electron chi connectivity index (χ4n) is 5.38. The Hall–Kier alpha value is -1.59. The second-order valence-electron chi connectivity index (χ2n) is 11.3. The molecule has 1 aliphatic heterocycles. The molecule has 1 unspecified atom stereocenters. The molecule has 0 saturated heterocycles. The van der Waals surface area contributed by atoms with Gasteiger partial charge in [0.15, 0.2) is 0 Å². The number of amidine groups is 1. The first-order valence-corrected chi connectivity index (χ1v) is 15.7. The molecule has 6 nitrogen and oxygen atoms in total. The van der Waals surface area contributed by atoms with Gasteiger partial charge < -0.3 is 15.1 Å². The van der Waals surface area contributed by atoms with Crippen LogP contribution in [0.1, 0.15) is 161 Å². The lowest BCUT2D eigenvalue weighted by atomic mass is 10.0. The van der Waals surface area contributed by atoms with Crippen molar-refractivity contribution < 1.29 is 19.8 Å². The van der Waals surface area contributed by atoms with Gasteiger partial charge in [0.2, 0.25) is 0 Å². The van der Waals surface area contributed by atoms with Crippen LogP contribution in [-0.2, 0) is 9.59 Å². The minimum absolute atomic E-state index is 0.323. The van der Waals surface area contributed by atoms with Gasteiger partial charge in [-0.2, -0.15) is 0 Å². The Morgan fingerprint density at radius 1 is 0.622 bits per heavy atom. The van der Waals surface area contributed by atoms with Crippen LogP contribution in [0.3, 0.4) is 0 Å². The summed E-state index contributed by atoms with van der Waals surface area (Å²) < 4.78 is 0. The summed E-state index contributed by atoms with van der Waals surface area (Å²) in [4.78, 5) is 28.4. The first kappa shape index (κ1) is 33.4. The molecule has 0 radical (unpaired) electrons. The van der Waals surface area contributed by atoms with E-state index in [0.29, 0.717) is 18.9 Å². The van der Waals surface area contributed by atoms with Gasteiger partial charge in [-0.05, 0) is 32.6 Å². The molecule has 1 atom stereocenters. The van der Waals surface area contributed by atoms with Gasteiger partial charge in [0.1, 0.15) is 0 Å². The number of nitrogens with zero attached hydrogens (tertiary/aromatic N) is 2. The van der Waals surface area contributed by atoms with E-state index in [0.717, 1.165) is 38.6 Å². The number of hydrogen-bond donors (Lipinski definition) is 2. The maximum absolute atomic E-state index is 10.5. The van der Waals surface area contributed by atoms with Crippen molar-refractivity contribution >= 4 is 17.8 Å². The van der Waals surface area contributed by atoms with Crippen LogP contribution in [0.25, 0.3) is 0 Å². The Bertz CT molecular complexity index is 608. The monoisotopic (exact) mass is 522 g/mol. The summed E-state index contributed by atoms with van der Waals surface area (Å²) in [6.45, 7) is 4.46. The normalized spacial score (nSPS) is 15.3. The first-order valence-electron chi connectivity index (χ1n) is 15.7. The van der Waals surface area contributed by atoms with E-state index in [-0.39, 0.29) is 0 Å². The number of carboxylic acid groups (broad SMARTS) is 2. The van der Waals surface area contributed by atoms with Crippen molar-refractivity contribution in [3.63, 3.8) is 0 Å². The lowest BCUT2D eigenvalue weighted by Gasteiger charge is -2.25. The van der Waals surface area contributed by atoms with E-state index >= 15 is 0 Å². The van der Waals surface area contributed by atoms with Crippen LogP contribution in [0.5, 0.6) is 0 Å². The number of rotatable bonds is 27. The highest BCUT2D eigenvalue weighted by atomic mass is 16.4. The molecule has 0 aliphatic carbocycles. The molecule has 0 bridgehead atoms. The van der Waals surface area contributed by atoms with Crippen molar-refractivity contribution in [1.82, 2.24) is 4.90 Å². The zero-order chi connectivity index (χ0) is 27.0. The third-order valence-corrected chi connectivity index (χ3v) is 7.73. The van der Waals surface area contributed by atoms with Crippen LogP contribution < -0.4 is 0 Å². The molecule has 216 valence electrons. The summed E-state index contributed by atoms with van der Waals surface area (Å²) in [5.74, 6) is 0.0254. The molecule has 1 heterocycles. The molecular formula is C31H58N2O4. The SMILES string of the molecule is CC1CN=C(CCCCCCCCCCCCC(=O)O)N1CCCCCCCCCCCCCC(=O)O. The van der Waals surface area contributed by atoms with Crippen LogP contribution in [-0.4, -0.2) is 52.0 Å². The van der Waals surface area contributed by atoms with Crippen molar-refractivity contribution in [2.75, 3.05) is 13.1 Å². The topological polar surface area (TPSA) is 90.2 Å². The maximum Gasteiger partial charge on any atom is 0.303 e. The van der Waals surface area contributed by atoms with E-state index in [9.17, 15) is 9.59 Å². The smallest absolute Gasteiger partial charge is 0.303 e. The van der Waals surface area contributed by atoms with E-state index in [2.05, 4.69) is 11.8 Å². The molecule has 0 aromatic rings. The van der Waals surface area contributed by atoms with Gasteiger partial charge in [-0.15, -0.1) is 0 Å². The molecule has 2 N–H and O–H groups in total. The Labute approximate surface area is 227 Å². The zero-order valence-electron chi connectivity index (χ0n) is 24.1. The van der Waals surface area contributed by atoms with Crippen molar-refractivity contribution in [3.8, 4) is 0 Å². The van der Waals surface area contributed by atoms with Crippen LogP contribution in [0.15, 0.2) is 4.99 Å². The fourth-order valence-corrected chi connectivity index (χ4v) is 5.38. The minimum Gasteiger partial charge on any atom is -0.481 e. The van der Waals surface area contributed by atoms with Gasteiger partial charge >= 0.3 is 11.9 Å². The van der Waals surface area contributed by atoms with Gasteiger partial charge in [-0.25, -0.2) is 0 Å². The molecule has 0 aromatic carbocycles. The second kappa shape index (κ2) is 23.5. The highest BCUT2D eigenvalue weighted by Gasteiger charge is 2.22. The average Bonchev–Trinajstić information content (AvgIpc) is 3.21. The third-order valence-electron chi connectivity index (χ3n) is 7.73. The molecule has 1 rings (SSSR count). The predicted octanol–water partition coefficient (Wildman–Crippen LogP) is 8.62. The fraction of sp³-hybridized carbons (Fsp3) is 0.903. The molecule has 0 saturated carbocycles. The first-order chi connectivity index (χ1) is 18.0. The second-order valence-corrected chi connectivity index (χ2v) is 11.3. The van der Waals surface area contributed by atoms with Crippen molar-refractivity contribution in [1.29, 1.82) is 0 Å². The van der Waals surface area contributed by atoms with E-state index < -0.39 is 11.9 Å². The number of aliphatic imine (C=N–C) groups is 1. The van der Waals surface area contributed by atoms with Gasteiger partial charge in [0, 0.05) is 31.8 Å². The van der Waals surface area contributed by atoms with E-state index in [1.807, 2.05) is 0 Å². The Balaban J connectivity index is 1.91. The number of unbranched alkanes of at least 4 members (excludes halogenated alkanes) is 19. The van der Waals surface area contributed by atoms with Gasteiger partial charge in [-0.3, -0.25) is 14.6 Å². The van der Waals surface area contributed by atoms with E-state index in [4.69, 9.17) is 15.2 Å². The van der Waals surface area contributed by atoms with Crippen molar-refractivity contribution in [2.24, 2.45) is 4.99 Å². The average molecular weight is 523 g/mol. The minimum atomic E-state index is -0.667. The number of carboxylic acids is 2. The third kappa shape index (κ3) is 20.1. The quantitative estimate of drug-likeness (QED) is 0.105. The molecular weight excluding hydrogens is 464 g/mol. The summed E-state index contributed by atoms with van der Waals surface area (Å²) in [6.07, 6.45) is 27.5. The van der Waals surface area contributed by atoms with Gasteiger partial charge in [0.25, 0.3) is 0 Å². The Kier molecular flexibility index (Phi) is 21.3. The van der Waals surface area contributed by atoms with Crippen LogP contribution >= 0.6 is 0 Å².